The van der Waals surface area contributed by atoms with E-state index in [-0.39, 0.29) is 47.2 Å². The Hall–Kier alpha value is -3.46. The number of benzene rings is 2. The summed E-state index contributed by atoms with van der Waals surface area (Å²) in [5.41, 5.74) is 1.08. The molecular weight excluding hydrogens is 384 g/mol. The highest BCUT2D eigenvalue weighted by Crippen LogP contribution is 2.49. The first-order valence-corrected chi connectivity index (χ1v) is 8.57. The quantitative estimate of drug-likeness (QED) is 0.508. The number of hydrogen-bond acceptors (Lipinski definition) is 9. The Labute approximate surface area is 166 Å². The van der Waals surface area contributed by atoms with Crippen molar-refractivity contribution in [1.82, 2.24) is 0 Å². The van der Waals surface area contributed by atoms with E-state index in [4.69, 9.17) is 18.9 Å². The van der Waals surface area contributed by atoms with Crippen LogP contribution in [0.2, 0.25) is 0 Å². The first-order valence-electron chi connectivity index (χ1n) is 8.57. The van der Waals surface area contributed by atoms with Crippen LogP contribution in [0.1, 0.15) is 43.0 Å². The van der Waals surface area contributed by atoms with E-state index in [1.165, 1.54) is 20.3 Å². The van der Waals surface area contributed by atoms with Gasteiger partial charge in [-0.3, -0.25) is 0 Å². The van der Waals surface area contributed by atoms with Crippen molar-refractivity contribution in [2.24, 2.45) is 0 Å². The minimum Gasteiger partial charge on any atom is -0.507 e. The van der Waals surface area contributed by atoms with E-state index in [0.717, 1.165) is 0 Å². The van der Waals surface area contributed by atoms with Crippen LogP contribution in [-0.4, -0.2) is 41.5 Å². The number of ether oxygens (including phenoxy) is 4. The molecule has 0 radical (unpaired) electrons. The summed E-state index contributed by atoms with van der Waals surface area (Å²) >= 11 is 0. The number of carbonyl (C=O) groups excluding carboxylic acids is 2. The number of aromatic hydroxyl groups is 3. The van der Waals surface area contributed by atoms with Gasteiger partial charge in [-0.15, -0.1) is 0 Å². The molecule has 0 saturated carbocycles. The summed E-state index contributed by atoms with van der Waals surface area (Å²) in [5, 5.41) is 31.1. The van der Waals surface area contributed by atoms with Gasteiger partial charge in [0.05, 0.1) is 19.3 Å². The third-order valence-electron chi connectivity index (χ3n) is 4.76. The third kappa shape index (κ3) is 3.19. The van der Waals surface area contributed by atoms with Crippen LogP contribution in [-0.2, 0) is 27.4 Å². The van der Waals surface area contributed by atoms with Crippen molar-refractivity contribution in [3.05, 3.63) is 39.4 Å². The summed E-state index contributed by atoms with van der Waals surface area (Å²) in [7, 11) is 2.59. The lowest BCUT2D eigenvalue weighted by Gasteiger charge is -2.20. The molecule has 29 heavy (non-hydrogen) atoms. The Bertz CT molecular complexity index is 1020. The minimum atomic E-state index is -0.758. The Kier molecular flexibility index (Phi) is 5.25. The average Bonchev–Trinajstić information content (AvgIpc) is 3.07. The molecule has 0 spiro atoms. The largest absolute Gasteiger partial charge is 0.507 e. The first-order chi connectivity index (χ1) is 13.7. The number of phenols is 3. The van der Waals surface area contributed by atoms with Gasteiger partial charge in [0.25, 0.3) is 0 Å². The van der Waals surface area contributed by atoms with E-state index in [2.05, 4.69) is 0 Å². The first kappa shape index (κ1) is 20.3. The van der Waals surface area contributed by atoms with Crippen molar-refractivity contribution in [2.75, 3.05) is 14.2 Å². The molecule has 0 saturated heterocycles. The fourth-order valence-corrected chi connectivity index (χ4v) is 3.27. The zero-order chi connectivity index (χ0) is 21.5. The normalized spacial score (nSPS) is 12.5. The van der Waals surface area contributed by atoms with E-state index in [0.29, 0.717) is 16.7 Å². The van der Waals surface area contributed by atoms with Gasteiger partial charge in [-0.25, -0.2) is 9.59 Å². The number of carbonyl (C=O) groups is 2. The fraction of sp³-hybridized carbons (Fsp3) is 0.300. The molecule has 1 aliphatic rings. The zero-order valence-electron chi connectivity index (χ0n) is 16.3. The number of rotatable bonds is 5. The molecule has 3 N–H and O–H groups in total. The van der Waals surface area contributed by atoms with Crippen molar-refractivity contribution in [3.8, 4) is 28.7 Å². The SMILES string of the molecule is COCc1c(O)cc(C)c(C(=O)OC)c1Oc1c(C)c2c(c(O)c1O)C(=O)OC2. The molecule has 0 amide bonds. The summed E-state index contributed by atoms with van der Waals surface area (Å²) < 4.78 is 20.7. The third-order valence-corrected chi connectivity index (χ3v) is 4.76. The highest BCUT2D eigenvalue weighted by Gasteiger charge is 2.34. The van der Waals surface area contributed by atoms with Crippen LogP contribution in [0.15, 0.2) is 6.07 Å². The Balaban J connectivity index is 2.27. The van der Waals surface area contributed by atoms with Crippen LogP contribution < -0.4 is 4.74 Å². The maximum absolute atomic E-state index is 12.4. The monoisotopic (exact) mass is 404 g/mol. The molecule has 2 aromatic carbocycles. The Morgan fingerprint density at radius 2 is 1.83 bits per heavy atom. The zero-order valence-corrected chi connectivity index (χ0v) is 16.3. The lowest BCUT2D eigenvalue weighted by molar-refractivity contribution is 0.0531. The molecule has 1 aliphatic heterocycles. The lowest BCUT2D eigenvalue weighted by Crippen LogP contribution is -2.10. The summed E-state index contributed by atoms with van der Waals surface area (Å²) in [4.78, 5) is 24.2. The van der Waals surface area contributed by atoms with Gasteiger partial charge < -0.3 is 34.3 Å². The molecule has 0 atom stereocenters. The molecule has 154 valence electrons. The fourth-order valence-electron chi connectivity index (χ4n) is 3.27. The van der Waals surface area contributed by atoms with Crippen LogP contribution >= 0.6 is 0 Å². The van der Waals surface area contributed by atoms with Gasteiger partial charge in [-0.05, 0) is 25.5 Å². The molecule has 9 heteroatoms. The van der Waals surface area contributed by atoms with Crippen molar-refractivity contribution in [2.45, 2.75) is 27.1 Å². The van der Waals surface area contributed by atoms with Crippen molar-refractivity contribution in [3.63, 3.8) is 0 Å². The molecule has 2 aromatic rings. The number of methoxy groups -OCH3 is 2. The number of fused-ring (bicyclic) bond motifs is 1. The molecule has 9 nitrogen and oxygen atoms in total. The minimum absolute atomic E-state index is 0.0171. The molecular formula is C20H20O9. The van der Waals surface area contributed by atoms with Crippen LogP contribution in [0.4, 0.5) is 0 Å². The number of phenolic OH excluding ortho intramolecular Hbond substituents is 3. The molecule has 3 rings (SSSR count). The lowest BCUT2D eigenvalue weighted by atomic mass is 9.99. The predicted octanol–water partition coefficient (Wildman–Crippen LogP) is 2.82. The smallest absolute Gasteiger partial charge is 0.342 e. The number of cyclic esters (lactones) is 1. The topological polar surface area (TPSA) is 132 Å². The van der Waals surface area contributed by atoms with Gasteiger partial charge in [-0.2, -0.15) is 0 Å². The second-order valence-corrected chi connectivity index (χ2v) is 6.50. The van der Waals surface area contributed by atoms with Gasteiger partial charge >= 0.3 is 11.9 Å². The van der Waals surface area contributed by atoms with Gasteiger partial charge in [0.1, 0.15) is 23.5 Å². The van der Waals surface area contributed by atoms with Gasteiger partial charge in [0.15, 0.2) is 17.2 Å². The summed E-state index contributed by atoms with van der Waals surface area (Å²) in [5.74, 6) is -3.34. The van der Waals surface area contributed by atoms with E-state index in [1.54, 1.807) is 13.8 Å². The van der Waals surface area contributed by atoms with Crippen molar-refractivity contribution >= 4 is 11.9 Å². The molecule has 0 unspecified atom stereocenters. The van der Waals surface area contributed by atoms with Crippen molar-refractivity contribution < 1.29 is 43.9 Å². The summed E-state index contributed by atoms with van der Waals surface area (Å²) in [6.07, 6.45) is 0. The average molecular weight is 404 g/mol. The number of aryl methyl sites for hydroxylation is 1. The van der Waals surface area contributed by atoms with E-state index in [1.807, 2.05) is 0 Å². The van der Waals surface area contributed by atoms with Crippen LogP contribution in [0.3, 0.4) is 0 Å². The van der Waals surface area contributed by atoms with Crippen molar-refractivity contribution in [1.29, 1.82) is 0 Å². The van der Waals surface area contributed by atoms with Crippen LogP contribution in [0, 0.1) is 13.8 Å². The maximum Gasteiger partial charge on any atom is 0.342 e. The molecule has 1 heterocycles. The Morgan fingerprint density at radius 1 is 1.14 bits per heavy atom. The van der Waals surface area contributed by atoms with Crippen LogP contribution in [0.5, 0.6) is 28.7 Å². The van der Waals surface area contributed by atoms with Crippen LogP contribution in [0.25, 0.3) is 0 Å². The second kappa shape index (κ2) is 7.51. The predicted molar refractivity (Wildman–Crippen MR) is 98.6 cm³/mol. The Morgan fingerprint density at radius 3 is 2.45 bits per heavy atom. The molecule has 0 aliphatic carbocycles. The van der Waals surface area contributed by atoms with Gasteiger partial charge in [0, 0.05) is 18.2 Å². The standard InChI is InChI=1S/C20H20O9/c1-8-5-12(21)11(6-26-3)18(13(8)19(24)27-4)29-17-9(2)10-7-28-20(25)14(10)15(22)16(17)23/h5,21-23H,6-7H2,1-4H3. The molecule has 0 fully saturated rings. The van der Waals surface area contributed by atoms with E-state index in [9.17, 15) is 24.9 Å². The van der Waals surface area contributed by atoms with Gasteiger partial charge in [0.2, 0.25) is 5.75 Å². The second-order valence-electron chi connectivity index (χ2n) is 6.50. The number of esters is 2. The summed E-state index contributed by atoms with van der Waals surface area (Å²) in [6, 6.07) is 1.37. The van der Waals surface area contributed by atoms with E-state index < -0.39 is 23.4 Å². The molecule has 0 bridgehead atoms. The van der Waals surface area contributed by atoms with E-state index >= 15 is 0 Å². The number of hydrogen-bond donors (Lipinski definition) is 3. The van der Waals surface area contributed by atoms with Gasteiger partial charge in [-0.1, -0.05) is 0 Å². The highest BCUT2D eigenvalue weighted by molar-refractivity contribution is 5.99. The summed E-state index contributed by atoms with van der Waals surface area (Å²) in [6.45, 7) is 2.94. The maximum atomic E-state index is 12.4. The molecule has 0 aromatic heterocycles. The highest BCUT2D eigenvalue weighted by atomic mass is 16.5.